The van der Waals surface area contributed by atoms with Gasteiger partial charge in [0.05, 0.1) is 0 Å². The minimum Gasteiger partial charge on any atom is -0.480 e. The Balaban J connectivity index is 1.88. The molecule has 0 aromatic rings. The van der Waals surface area contributed by atoms with Crippen LogP contribution in [0.1, 0.15) is 44.9 Å². The monoisotopic (exact) mass is 240 g/mol. The minimum atomic E-state index is -0.657. The molecule has 1 aliphatic carbocycles. The van der Waals surface area contributed by atoms with Crippen LogP contribution in [0.4, 0.5) is 0 Å². The van der Waals surface area contributed by atoms with Crippen LogP contribution in [-0.2, 0) is 4.79 Å². The SMILES string of the molecule is O=C(O)[C@@H](NC1CCNCC1)C1CCCCC1. The minimum absolute atomic E-state index is 0.321. The van der Waals surface area contributed by atoms with Crippen LogP contribution < -0.4 is 10.6 Å². The van der Waals surface area contributed by atoms with E-state index in [-0.39, 0.29) is 6.04 Å². The average molecular weight is 240 g/mol. The Kier molecular flexibility index (Phi) is 4.80. The van der Waals surface area contributed by atoms with Crippen molar-refractivity contribution in [3.05, 3.63) is 0 Å². The zero-order valence-corrected chi connectivity index (χ0v) is 10.5. The molecule has 0 spiro atoms. The molecule has 3 N–H and O–H groups in total. The molecule has 1 atom stereocenters. The first-order chi connectivity index (χ1) is 8.27. The summed E-state index contributed by atoms with van der Waals surface area (Å²) in [6.07, 6.45) is 7.93. The first-order valence-electron chi connectivity index (χ1n) is 6.97. The molecule has 1 aliphatic heterocycles. The molecule has 0 aromatic carbocycles. The number of aliphatic carboxylic acids is 1. The second-order valence-corrected chi connectivity index (χ2v) is 5.40. The van der Waals surface area contributed by atoms with Crippen molar-refractivity contribution in [2.75, 3.05) is 13.1 Å². The smallest absolute Gasteiger partial charge is 0.320 e. The predicted octanol–water partition coefficient (Wildman–Crippen LogP) is 1.36. The van der Waals surface area contributed by atoms with Crippen molar-refractivity contribution in [2.24, 2.45) is 5.92 Å². The van der Waals surface area contributed by atoms with Crippen LogP contribution in [-0.4, -0.2) is 36.2 Å². The van der Waals surface area contributed by atoms with Gasteiger partial charge in [0.25, 0.3) is 0 Å². The maximum atomic E-state index is 11.4. The van der Waals surface area contributed by atoms with Crippen molar-refractivity contribution >= 4 is 5.97 Å². The summed E-state index contributed by atoms with van der Waals surface area (Å²) < 4.78 is 0. The summed E-state index contributed by atoms with van der Waals surface area (Å²) in [5.74, 6) is -0.313. The van der Waals surface area contributed by atoms with E-state index in [4.69, 9.17) is 0 Å². The van der Waals surface area contributed by atoms with Gasteiger partial charge in [-0.15, -0.1) is 0 Å². The quantitative estimate of drug-likeness (QED) is 0.694. The Hall–Kier alpha value is -0.610. The summed E-state index contributed by atoms with van der Waals surface area (Å²) in [6, 6.07) is 0.0673. The number of hydrogen-bond acceptors (Lipinski definition) is 3. The molecule has 0 amide bonds. The Morgan fingerprint density at radius 1 is 1.12 bits per heavy atom. The van der Waals surface area contributed by atoms with Gasteiger partial charge >= 0.3 is 5.97 Å². The van der Waals surface area contributed by atoms with Crippen molar-refractivity contribution in [3.8, 4) is 0 Å². The molecule has 1 saturated heterocycles. The lowest BCUT2D eigenvalue weighted by atomic mass is 9.83. The topological polar surface area (TPSA) is 61.4 Å². The molecule has 0 bridgehead atoms. The third kappa shape index (κ3) is 3.68. The van der Waals surface area contributed by atoms with Gasteiger partial charge in [-0.1, -0.05) is 19.3 Å². The van der Waals surface area contributed by atoms with E-state index in [1.807, 2.05) is 0 Å². The van der Waals surface area contributed by atoms with Crippen LogP contribution in [0.2, 0.25) is 0 Å². The molecular formula is C13H24N2O2. The zero-order valence-electron chi connectivity index (χ0n) is 10.5. The average Bonchev–Trinajstić information content (AvgIpc) is 2.38. The number of carboxylic acids is 1. The lowest BCUT2D eigenvalue weighted by Gasteiger charge is -2.33. The Labute approximate surface area is 103 Å². The van der Waals surface area contributed by atoms with Crippen LogP contribution in [0.15, 0.2) is 0 Å². The molecule has 2 fully saturated rings. The molecule has 0 unspecified atom stereocenters. The second-order valence-electron chi connectivity index (χ2n) is 5.40. The maximum Gasteiger partial charge on any atom is 0.320 e. The summed E-state index contributed by atoms with van der Waals surface area (Å²) in [6.45, 7) is 2.02. The highest BCUT2D eigenvalue weighted by Crippen LogP contribution is 2.27. The van der Waals surface area contributed by atoms with Gasteiger partial charge < -0.3 is 15.7 Å². The van der Waals surface area contributed by atoms with Crippen LogP contribution in [0.25, 0.3) is 0 Å². The van der Waals surface area contributed by atoms with Crippen LogP contribution >= 0.6 is 0 Å². The van der Waals surface area contributed by atoms with Crippen LogP contribution in [0, 0.1) is 5.92 Å². The van der Waals surface area contributed by atoms with E-state index in [9.17, 15) is 9.90 Å². The Bertz CT molecular complexity index is 246. The number of carboxylic acid groups (broad SMARTS) is 1. The second kappa shape index (κ2) is 6.36. The van der Waals surface area contributed by atoms with Gasteiger partial charge in [-0.2, -0.15) is 0 Å². The highest BCUT2D eigenvalue weighted by molar-refractivity contribution is 5.74. The number of piperidine rings is 1. The van der Waals surface area contributed by atoms with Crippen LogP contribution in [0.5, 0.6) is 0 Å². The van der Waals surface area contributed by atoms with E-state index >= 15 is 0 Å². The lowest BCUT2D eigenvalue weighted by Crippen LogP contribution is -2.51. The molecule has 0 aromatic heterocycles. The summed E-state index contributed by atoms with van der Waals surface area (Å²) in [5.41, 5.74) is 0. The summed E-state index contributed by atoms with van der Waals surface area (Å²) in [7, 11) is 0. The molecule has 2 aliphatic rings. The first-order valence-corrected chi connectivity index (χ1v) is 6.97. The molecule has 17 heavy (non-hydrogen) atoms. The molecule has 1 heterocycles. The zero-order chi connectivity index (χ0) is 12.1. The third-order valence-corrected chi connectivity index (χ3v) is 4.14. The van der Waals surface area contributed by atoms with Crippen molar-refractivity contribution in [1.29, 1.82) is 0 Å². The van der Waals surface area contributed by atoms with E-state index in [1.54, 1.807) is 0 Å². The number of rotatable bonds is 4. The fourth-order valence-corrected chi connectivity index (χ4v) is 3.12. The Morgan fingerprint density at radius 2 is 1.76 bits per heavy atom. The summed E-state index contributed by atoms with van der Waals surface area (Å²) in [4.78, 5) is 11.4. The van der Waals surface area contributed by atoms with Gasteiger partial charge in [0.2, 0.25) is 0 Å². The van der Waals surface area contributed by atoms with Crippen LogP contribution in [0.3, 0.4) is 0 Å². The van der Waals surface area contributed by atoms with Gasteiger partial charge in [0.15, 0.2) is 0 Å². The van der Waals surface area contributed by atoms with Gasteiger partial charge in [-0.05, 0) is 44.7 Å². The van der Waals surface area contributed by atoms with Crippen molar-refractivity contribution in [1.82, 2.24) is 10.6 Å². The molecule has 4 heteroatoms. The molecular weight excluding hydrogens is 216 g/mol. The molecule has 1 saturated carbocycles. The predicted molar refractivity (Wildman–Crippen MR) is 67.0 cm³/mol. The number of nitrogens with one attached hydrogen (secondary N) is 2. The van der Waals surface area contributed by atoms with Crippen molar-refractivity contribution in [2.45, 2.75) is 57.0 Å². The van der Waals surface area contributed by atoms with Crippen molar-refractivity contribution < 1.29 is 9.90 Å². The fourth-order valence-electron chi connectivity index (χ4n) is 3.12. The van der Waals surface area contributed by atoms with E-state index < -0.39 is 5.97 Å². The first kappa shape index (κ1) is 12.8. The van der Waals surface area contributed by atoms with E-state index in [2.05, 4.69) is 10.6 Å². The largest absolute Gasteiger partial charge is 0.480 e. The van der Waals surface area contributed by atoms with E-state index in [0.717, 1.165) is 38.8 Å². The molecule has 2 rings (SSSR count). The third-order valence-electron chi connectivity index (χ3n) is 4.14. The maximum absolute atomic E-state index is 11.4. The van der Waals surface area contributed by atoms with Gasteiger partial charge in [0.1, 0.15) is 6.04 Å². The molecule has 98 valence electrons. The lowest BCUT2D eigenvalue weighted by molar-refractivity contribution is -0.141. The molecule has 0 radical (unpaired) electrons. The standard InChI is InChI=1S/C13H24N2O2/c16-13(17)12(10-4-2-1-3-5-10)15-11-6-8-14-9-7-11/h10-12,14-15H,1-9H2,(H,16,17)/t12-/m0/s1. The summed E-state index contributed by atoms with van der Waals surface area (Å²) in [5, 5.41) is 16.1. The van der Waals surface area contributed by atoms with Gasteiger partial charge in [-0.3, -0.25) is 4.79 Å². The fraction of sp³-hybridized carbons (Fsp3) is 0.923. The number of carbonyl (C=O) groups is 1. The number of hydrogen-bond donors (Lipinski definition) is 3. The van der Waals surface area contributed by atoms with E-state index in [0.29, 0.717) is 12.0 Å². The van der Waals surface area contributed by atoms with E-state index in [1.165, 1.54) is 19.3 Å². The van der Waals surface area contributed by atoms with Gasteiger partial charge in [0, 0.05) is 6.04 Å². The Morgan fingerprint density at radius 3 is 2.35 bits per heavy atom. The highest BCUT2D eigenvalue weighted by Gasteiger charge is 2.31. The normalized spacial score (nSPS) is 25.6. The van der Waals surface area contributed by atoms with Crippen molar-refractivity contribution in [3.63, 3.8) is 0 Å². The van der Waals surface area contributed by atoms with Gasteiger partial charge in [-0.25, -0.2) is 0 Å². The molecule has 4 nitrogen and oxygen atoms in total. The summed E-state index contributed by atoms with van der Waals surface area (Å²) >= 11 is 0. The highest BCUT2D eigenvalue weighted by atomic mass is 16.4.